The quantitative estimate of drug-likeness (QED) is 0.895. The Morgan fingerprint density at radius 3 is 2.76 bits per heavy atom. The standard InChI is InChI=1S/C16H24ClN3O/c1-3-9-18-15-14(17)10-12(11-19-15)16(21)20(2)13-7-5-4-6-8-13/h10-11,13H,3-9H2,1-2H3,(H,18,19). The largest absolute Gasteiger partial charge is 0.369 e. The van der Waals surface area contributed by atoms with Crippen molar-refractivity contribution in [3.8, 4) is 0 Å². The van der Waals surface area contributed by atoms with Gasteiger partial charge < -0.3 is 10.2 Å². The summed E-state index contributed by atoms with van der Waals surface area (Å²) in [6.45, 7) is 2.90. The van der Waals surface area contributed by atoms with E-state index in [1.165, 1.54) is 19.3 Å². The van der Waals surface area contributed by atoms with Gasteiger partial charge in [-0.2, -0.15) is 0 Å². The van der Waals surface area contributed by atoms with E-state index < -0.39 is 0 Å². The minimum atomic E-state index is 0.0124. The Morgan fingerprint density at radius 1 is 1.43 bits per heavy atom. The summed E-state index contributed by atoms with van der Waals surface area (Å²) in [6, 6.07) is 2.07. The van der Waals surface area contributed by atoms with Crippen molar-refractivity contribution >= 4 is 23.3 Å². The van der Waals surface area contributed by atoms with E-state index in [2.05, 4.69) is 17.2 Å². The fraction of sp³-hybridized carbons (Fsp3) is 0.625. The monoisotopic (exact) mass is 309 g/mol. The highest BCUT2D eigenvalue weighted by Gasteiger charge is 2.23. The number of hydrogen-bond donors (Lipinski definition) is 1. The van der Waals surface area contributed by atoms with Gasteiger partial charge in [-0.25, -0.2) is 4.98 Å². The predicted molar refractivity (Wildman–Crippen MR) is 87.0 cm³/mol. The molecule has 0 unspecified atom stereocenters. The van der Waals surface area contributed by atoms with Crippen LogP contribution in [0.5, 0.6) is 0 Å². The minimum Gasteiger partial charge on any atom is -0.369 e. The number of anilines is 1. The van der Waals surface area contributed by atoms with Crippen molar-refractivity contribution in [2.24, 2.45) is 0 Å². The number of nitrogens with zero attached hydrogens (tertiary/aromatic N) is 2. The Morgan fingerprint density at radius 2 is 2.14 bits per heavy atom. The first-order chi connectivity index (χ1) is 10.1. The summed E-state index contributed by atoms with van der Waals surface area (Å²) in [4.78, 5) is 18.7. The molecule has 1 heterocycles. The number of rotatable bonds is 5. The zero-order valence-corrected chi connectivity index (χ0v) is 13.6. The molecule has 1 N–H and O–H groups in total. The van der Waals surface area contributed by atoms with Crippen LogP contribution >= 0.6 is 11.6 Å². The van der Waals surface area contributed by atoms with E-state index >= 15 is 0 Å². The van der Waals surface area contributed by atoms with Crippen LogP contribution in [-0.2, 0) is 0 Å². The number of carbonyl (C=O) groups is 1. The molecule has 0 bridgehead atoms. The first kappa shape index (κ1) is 16.1. The first-order valence-corrected chi connectivity index (χ1v) is 8.18. The SMILES string of the molecule is CCCNc1ncc(C(=O)N(C)C2CCCCC2)cc1Cl. The number of amides is 1. The molecule has 1 aromatic rings. The summed E-state index contributed by atoms with van der Waals surface area (Å²) in [5.74, 6) is 0.661. The number of aromatic nitrogens is 1. The molecule has 1 aliphatic carbocycles. The lowest BCUT2D eigenvalue weighted by atomic mass is 9.94. The average Bonchev–Trinajstić information content (AvgIpc) is 2.53. The van der Waals surface area contributed by atoms with Gasteiger partial charge in [-0.1, -0.05) is 37.8 Å². The first-order valence-electron chi connectivity index (χ1n) is 7.80. The molecule has 0 spiro atoms. The summed E-state index contributed by atoms with van der Waals surface area (Å²) < 4.78 is 0. The van der Waals surface area contributed by atoms with Gasteiger partial charge in [0.05, 0.1) is 10.6 Å². The summed E-state index contributed by atoms with van der Waals surface area (Å²) in [5, 5.41) is 3.66. The highest BCUT2D eigenvalue weighted by molar-refractivity contribution is 6.33. The van der Waals surface area contributed by atoms with Crippen LogP contribution in [0.2, 0.25) is 5.02 Å². The third kappa shape index (κ3) is 4.10. The van der Waals surface area contributed by atoms with Crippen LogP contribution in [0, 0.1) is 0 Å². The maximum Gasteiger partial charge on any atom is 0.255 e. The molecular weight excluding hydrogens is 286 g/mol. The lowest BCUT2D eigenvalue weighted by molar-refractivity contribution is 0.0696. The molecule has 0 saturated heterocycles. The molecule has 116 valence electrons. The molecule has 1 amide bonds. The average molecular weight is 310 g/mol. The smallest absolute Gasteiger partial charge is 0.255 e. The normalized spacial score (nSPS) is 15.8. The third-order valence-corrected chi connectivity index (χ3v) is 4.36. The lowest BCUT2D eigenvalue weighted by Crippen LogP contribution is -2.38. The van der Waals surface area contributed by atoms with Crippen molar-refractivity contribution in [2.75, 3.05) is 18.9 Å². The van der Waals surface area contributed by atoms with Crippen molar-refractivity contribution in [1.82, 2.24) is 9.88 Å². The molecule has 1 aromatic heterocycles. The summed E-state index contributed by atoms with van der Waals surface area (Å²) in [5.41, 5.74) is 0.565. The molecule has 1 saturated carbocycles. The van der Waals surface area contributed by atoms with Gasteiger partial charge in [0.15, 0.2) is 0 Å². The predicted octanol–water partition coefficient (Wildman–Crippen LogP) is 3.96. The lowest BCUT2D eigenvalue weighted by Gasteiger charge is -2.31. The summed E-state index contributed by atoms with van der Waals surface area (Å²) >= 11 is 6.20. The van der Waals surface area contributed by atoms with E-state index in [9.17, 15) is 4.79 Å². The number of carbonyl (C=O) groups excluding carboxylic acids is 1. The number of nitrogens with one attached hydrogen (secondary N) is 1. The molecule has 21 heavy (non-hydrogen) atoms. The highest BCUT2D eigenvalue weighted by Crippen LogP contribution is 2.25. The van der Waals surface area contributed by atoms with Crippen LogP contribution in [-0.4, -0.2) is 35.4 Å². The second kappa shape index (κ2) is 7.64. The van der Waals surface area contributed by atoms with Crippen molar-refractivity contribution in [3.05, 3.63) is 22.8 Å². The van der Waals surface area contributed by atoms with Gasteiger partial charge in [0.25, 0.3) is 5.91 Å². The molecule has 4 nitrogen and oxygen atoms in total. The van der Waals surface area contributed by atoms with E-state index in [1.54, 1.807) is 12.3 Å². The van der Waals surface area contributed by atoms with Crippen molar-refractivity contribution in [1.29, 1.82) is 0 Å². The van der Waals surface area contributed by atoms with Gasteiger partial charge in [-0.3, -0.25) is 4.79 Å². The van der Waals surface area contributed by atoms with E-state index in [1.807, 2.05) is 11.9 Å². The Hall–Kier alpha value is -1.29. The van der Waals surface area contributed by atoms with Crippen LogP contribution in [0.25, 0.3) is 0 Å². The Labute approximate surface area is 131 Å². The van der Waals surface area contributed by atoms with Gasteiger partial charge >= 0.3 is 0 Å². The van der Waals surface area contributed by atoms with E-state index in [4.69, 9.17) is 11.6 Å². The third-order valence-electron chi connectivity index (χ3n) is 4.07. The van der Waals surface area contributed by atoms with Crippen LogP contribution < -0.4 is 5.32 Å². The van der Waals surface area contributed by atoms with Gasteiger partial charge in [-0.05, 0) is 25.3 Å². The minimum absolute atomic E-state index is 0.0124. The van der Waals surface area contributed by atoms with Crippen LogP contribution in [0.1, 0.15) is 55.8 Å². The molecule has 0 aliphatic heterocycles. The van der Waals surface area contributed by atoms with Crippen molar-refractivity contribution < 1.29 is 4.79 Å². The van der Waals surface area contributed by atoms with Gasteiger partial charge in [-0.15, -0.1) is 0 Å². The van der Waals surface area contributed by atoms with Gasteiger partial charge in [0.2, 0.25) is 0 Å². The van der Waals surface area contributed by atoms with Crippen molar-refractivity contribution in [3.63, 3.8) is 0 Å². The van der Waals surface area contributed by atoms with Crippen LogP contribution in [0.4, 0.5) is 5.82 Å². The fourth-order valence-electron chi connectivity index (χ4n) is 2.77. The number of hydrogen-bond acceptors (Lipinski definition) is 3. The Balaban J connectivity index is 2.06. The zero-order valence-electron chi connectivity index (χ0n) is 12.9. The van der Waals surface area contributed by atoms with E-state index in [-0.39, 0.29) is 5.91 Å². The van der Waals surface area contributed by atoms with Crippen LogP contribution in [0.3, 0.4) is 0 Å². The molecule has 0 atom stereocenters. The molecule has 1 fully saturated rings. The van der Waals surface area contributed by atoms with E-state index in [0.717, 1.165) is 25.8 Å². The molecular formula is C16H24ClN3O. The maximum absolute atomic E-state index is 12.5. The molecule has 2 rings (SSSR count). The second-order valence-corrected chi connectivity index (χ2v) is 6.10. The second-order valence-electron chi connectivity index (χ2n) is 5.69. The molecule has 0 radical (unpaired) electrons. The van der Waals surface area contributed by atoms with Crippen LogP contribution in [0.15, 0.2) is 12.3 Å². The Kier molecular flexibility index (Phi) is 5.85. The zero-order chi connectivity index (χ0) is 15.2. The topological polar surface area (TPSA) is 45.2 Å². The molecule has 5 heteroatoms. The number of pyridine rings is 1. The van der Waals surface area contributed by atoms with E-state index in [0.29, 0.717) is 22.4 Å². The summed E-state index contributed by atoms with van der Waals surface area (Å²) in [6.07, 6.45) is 8.51. The fourth-order valence-corrected chi connectivity index (χ4v) is 3.00. The number of halogens is 1. The Bertz CT molecular complexity index is 486. The molecule has 0 aromatic carbocycles. The summed E-state index contributed by atoms with van der Waals surface area (Å²) in [7, 11) is 1.88. The molecule has 1 aliphatic rings. The van der Waals surface area contributed by atoms with Gasteiger partial charge in [0.1, 0.15) is 5.82 Å². The van der Waals surface area contributed by atoms with Gasteiger partial charge in [0, 0.05) is 25.8 Å². The maximum atomic E-state index is 12.5. The van der Waals surface area contributed by atoms with Crippen molar-refractivity contribution in [2.45, 2.75) is 51.5 Å². The highest BCUT2D eigenvalue weighted by atomic mass is 35.5.